The minimum Gasteiger partial charge on any atom is -0.302 e. The number of nitrogens with zero attached hydrogens (tertiary/aromatic N) is 2. The molecule has 0 saturated heterocycles. The van der Waals surface area contributed by atoms with Gasteiger partial charge in [-0.05, 0) is 25.0 Å². The predicted octanol–water partition coefficient (Wildman–Crippen LogP) is 1.67. The van der Waals surface area contributed by atoms with Crippen molar-refractivity contribution in [2.75, 3.05) is 0 Å². The van der Waals surface area contributed by atoms with Crippen molar-refractivity contribution in [2.45, 2.75) is 32.0 Å². The maximum absolute atomic E-state index is 13.1. The Labute approximate surface area is 168 Å². The highest BCUT2D eigenvalue weighted by atomic mass is 19.4. The summed E-state index contributed by atoms with van der Waals surface area (Å²) in [4.78, 5) is 54.2. The van der Waals surface area contributed by atoms with Crippen molar-refractivity contribution in [1.29, 1.82) is 0 Å². The molecule has 1 N–H and O–H groups in total. The Bertz CT molecular complexity index is 1160. The first-order chi connectivity index (χ1) is 14.0. The molecular weight excluding hydrogens is 403 g/mol. The highest BCUT2D eigenvalue weighted by molar-refractivity contribution is 6.49. The maximum Gasteiger partial charge on any atom is 0.416 e. The molecule has 0 spiro atoms. The molecule has 0 amide bonds. The summed E-state index contributed by atoms with van der Waals surface area (Å²) in [6.07, 6.45) is -3.78. The number of aliphatic imine (C=N–C) groups is 1. The Balaban J connectivity index is 2.03. The van der Waals surface area contributed by atoms with Crippen molar-refractivity contribution in [3.63, 3.8) is 0 Å². The molecule has 0 bridgehead atoms. The van der Waals surface area contributed by atoms with Crippen LogP contribution >= 0.6 is 0 Å². The van der Waals surface area contributed by atoms with Crippen LogP contribution in [0.5, 0.6) is 0 Å². The summed E-state index contributed by atoms with van der Waals surface area (Å²) in [5.41, 5.74) is -3.17. The number of hydrogen-bond donors (Lipinski definition) is 1. The average Bonchev–Trinajstić information content (AvgIpc) is 2.77. The van der Waals surface area contributed by atoms with Gasteiger partial charge in [0, 0.05) is 19.7 Å². The van der Waals surface area contributed by atoms with Gasteiger partial charge in [0.25, 0.3) is 5.43 Å². The lowest BCUT2D eigenvalue weighted by Crippen LogP contribution is -2.41. The number of aromatic amines is 1. The number of Topliss-reactive ketones (excluding diaryl/α,β-unsaturated/α-hetero) is 2. The molecule has 1 aromatic carbocycles. The summed E-state index contributed by atoms with van der Waals surface area (Å²) in [7, 11) is 1.33. The van der Waals surface area contributed by atoms with Crippen LogP contribution in [-0.2, 0) is 29.2 Å². The molecule has 2 aromatic rings. The molecule has 0 fully saturated rings. The van der Waals surface area contributed by atoms with Gasteiger partial charge in [0.1, 0.15) is 11.5 Å². The van der Waals surface area contributed by atoms with Gasteiger partial charge in [-0.3, -0.25) is 28.9 Å². The third-order valence-electron chi connectivity index (χ3n) is 4.88. The lowest BCUT2D eigenvalue weighted by molar-refractivity contribution is -0.137. The SMILES string of the molecule is CC1CC(=O)C(Cc2cccc(C(F)(F)F)c2)C(=O)C(c2c[nH]n(C)c(=O)c2=O)=N1. The molecule has 2 atom stereocenters. The van der Waals surface area contributed by atoms with Gasteiger partial charge in [-0.1, -0.05) is 18.2 Å². The molecule has 3 rings (SSSR count). The molecule has 0 saturated carbocycles. The van der Waals surface area contributed by atoms with Gasteiger partial charge < -0.3 is 5.10 Å². The van der Waals surface area contributed by atoms with E-state index in [0.29, 0.717) is 0 Å². The summed E-state index contributed by atoms with van der Waals surface area (Å²) in [6, 6.07) is 3.75. The summed E-state index contributed by atoms with van der Waals surface area (Å²) >= 11 is 0. The zero-order chi connectivity index (χ0) is 22.2. The van der Waals surface area contributed by atoms with Crippen LogP contribution in [-0.4, -0.2) is 33.1 Å². The molecule has 1 aromatic heterocycles. The van der Waals surface area contributed by atoms with Crippen LogP contribution in [0.3, 0.4) is 0 Å². The Kier molecular flexibility index (Phi) is 5.60. The van der Waals surface area contributed by atoms with Crippen LogP contribution in [0.2, 0.25) is 0 Å². The van der Waals surface area contributed by atoms with Gasteiger partial charge in [-0.25, -0.2) is 0 Å². The van der Waals surface area contributed by atoms with Crippen LogP contribution in [0.15, 0.2) is 45.0 Å². The molecule has 1 aliphatic rings. The lowest BCUT2D eigenvalue weighted by atomic mass is 9.86. The van der Waals surface area contributed by atoms with Gasteiger partial charge in [0.05, 0.1) is 23.1 Å². The van der Waals surface area contributed by atoms with E-state index in [9.17, 15) is 32.3 Å². The van der Waals surface area contributed by atoms with E-state index in [1.165, 1.54) is 19.2 Å². The van der Waals surface area contributed by atoms with Crippen LogP contribution in [0, 0.1) is 5.92 Å². The monoisotopic (exact) mass is 421 g/mol. The highest BCUT2D eigenvalue weighted by Gasteiger charge is 2.36. The van der Waals surface area contributed by atoms with Crippen molar-refractivity contribution < 1.29 is 22.8 Å². The largest absolute Gasteiger partial charge is 0.416 e. The van der Waals surface area contributed by atoms with Crippen molar-refractivity contribution in [2.24, 2.45) is 18.0 Å². The molecule has 0 aliphatic carbocycles. The van der Waals surface area contributed by atoms with Gasteiger partial charge in [0.15, 0.2) is 5.78 Å². The number of aromatic nitrogens is 2. The normalized spacial score (nSPS) is 20.1. The van der Waals surface area contributed by atoms with E-state index in [4.69, 9.17) is 0 Å². The highest BCUT2D eigenvalue weighted by Crippen LogP contribution is 2.30. The Morgan fingerprint density at radius 1 is 1.20 bits per heavy atom. The molecule has 7 nitrogen and oxygen atoms in total. The number of hydrogen-bond acceptors (Lipinski definition) is 5. The van der Waals surface area contributed by atoms with E-state index >= 15 is 0 Å². The number of carbonyl (C=O) groups is 2. The third-order valence-corrected chi connectivity index (χ3v) is 4.88. The minimum absolute atomic E-state index is 0.110. The molecule has 10 heteroatoms. The Hall–Kier alpha value is -3.30. The fourth-order valence-electron chi connectivity index (χ4n) is 3.32. The number of nitrogens with one attached hydrogen (secondary N) is 1. The maximum atomic E-state index is 13.1. The van der Waals surface area contributed by atoms with Gasteiger partial charge in [-0.15, -0.1) is 0 Å². The smallest absolute Gasteiger partial charge is 0.302 e. The summed E-state index contributed by atoms with van der Waals surface area (Å²) in [5, 5.41) is 2.52. The van der Waals surface area contributed by atoms with Gasteiger partial charge >= 0.3 is 11.7 Å². The topological polar surface area (TPSA) is 101 Å². The predicted molar refractivity (Wildman–Crippen MR) is 102 cm³/mol. The standard InChI is InChI=1S/C20H18F3N3O4/c1-10-6-15(27)13(8-11-4-3-5-12(7-11)20(21,22)23)17(28)16(25-10)14-9-24-26(2)19(30)18(14)29/h3-5,7,9-10,13,24H,6,8H2,1-2H3. The van der Waals surface area contributed by atoms with Crippen LogP contribution in [0.25, 0.3) is 0 Å². The van der Waals surface area contributed by atoms with E-state index < -0.39 is 46.3 Å². The zero-order valence-electron chi connectivity index (χ0n) is 16.1. The molecule has 2 heterocycles. The number of benzene rings is 1. The molecule has 30 heavy (non-hydrogen) atoms. The first-order valence-electron chi connectivity index (χ1n) is 9.09. The third kappa shape index (κ3) is 4.17. The summed E-state index contributed by atoms with van der Waals surface area (Å²) in [6.45, 7) is 1.58. The Morgan fingerprint density at radius 3 is 2.57 bits per heavy atom. The molecule has 0 radical (unpaired) electrons. The number of aryl methyl sites for hydroxylation is 1. The number of alkyl halides is 3. The van der Waals surface area contributed by atoms with Crippen molar-refractivity contribution in [3.8, 4) is 0 Å². The first-order valence-corrected chi connectivity index (χ1v) is 9.09. The summed E-state index contributed by atoms with van der Waals surface area (Å²) in [5.74, 6) is -2.58. The van der Waals surface area contributed by atoms with E-state index in [2.05, 4.69) is 10.1 Å². The average molecular weight is 421 g/mol. The minimum atomic E-state index is -4.56. The molecule has 158 valence electrons. The number of carbonyl (C=O) groups excluding carboxylic acids is 2. The van der Waals surface area contributed by atoms with Crippen LogP contribution < -0.4 is 11.0 Å². The second kappa shape index (κ2) is 7.85. The Morgan fingerprint density at radius 2 is 1.90 bits per heavy atom. The summed E-state index contributed by atoms with van der Waals surface area (Å²) < 4.78 is 39.9. The quantitative estimate of drug-likeness (QED) is 0.602. The fraction of sp³-hybridized carbons (Fsp3) is 0.350. The van der Waals surface area contributed by atoms with Gasteiger partial charge in [0.2, 0.25) is 0 Å². The molecular formula is C20H18F3N3O4. The van der Waals surface area contributed by atoms with Crippen molar-refractivity contribution >= 4 is 17.3 Å². The number of halogens is 3. The van der Waals surface area contributed by atoms with E-state index in [1.807, 2.05) is 0 Å². The van der Waals surface area contributed by atoms with E-state index in [1.54, 1.807) is 6.92 Å². The number of H-pyrrole nitrogens is 1. The fourth-order valence-corrected chi connectivity index (χ4v) is 3.32. The van der Waals surface area contributed by atoms with Crippen LogP contribution in [0.4, 0.5) is 13.2 Å². The van der Waals surface area contributed by atoms with E-state index in [0.717, 1.165) is 23.0 Å². The zero-order valence-corrected chi connectivity index (χ0v) is 16.1. The second-order valence-corrected chi connectivity index (χ2v) is 7.20. The number of ketones is 2. The van der Waals surface area contributed by atoms with Gasteiger partial charge in [-0.2, -0.15) is 13.2 Å². The van der Waals surface area contributed by atoms with Crippen molar-refractivity contribution in [1.82, 2.24) is 9.78 Å². The van der Waals surface area contributed by atoms with Crippen molar-refractivity contribution in [3.05, 3.63) is 67.7 Å². The first kappa shape index (κ1) is 21.4. The lowest BCUT2D eigenvalue weighted by Gasteiger charge is -2.15. The molecule has 1 aliphatic heterocycles. The van der Waals surface area contributed by atoms with E-state index in [-0.39, 0.29) is 29.7 Å². The second-order valence-electron chi connectivity index (χ2n) is 7.20. The van der Waals surface area contributed by atoms with Crippen LogP contribution in [0.1, 0.15) is 30.0 Å². The molecule has 2 unspecified atom stereocenters. The number of rotatable bonds is 3.